The molecular weight excluding hydrogens is 698 g/mol. The van der Waals surface area contributed by atoms with Crippen LogP contribution in [0.5, 0.6) is 0 Å². The first kappa shape index (κ1) is 17.3. The molecule has 52 heavy (non-hydrogen) atoms. The molecule has 1 fully saturated rings. The van der Waals surface area contributed by atoms with Crippen molar-refractivity contribution in [2.24, 2.45) is 0 Å². The Bertz CT molecular complexity index is 3050. The second-order valence-corrected chi connectivity index (χ2v) is 11.7. The quantitative estimate of drug-likeness (QED) is 0.146. The van der Waals surface area contributed by atoms with Crippen LogP contribution in [0.2, 0.25) is 0 Å². The third-order valence-electron chi connectivity index (χ3n) is 7.63. The van der Waals surface area contributed by atoms with Crippen molar-refractivity contribution < 1.29 is 70.9 Å². The molecule has 0 aliphatic carbocycles. The number of piperidine rings is 1. The number of aliphatic hydroxyl groups excluding tert-OH is 1. The van der Waals surface area contributed by atoms with Crippen LogP contribution >= 0.6 is 11.8 Å². The Kier molecular flexibility index (Phi) is 5.52. The Labute approximate surface area is 339 Å². The summed E-state index contributed by atoms with van der Waals surface area (Å²) in [5.41, 5.74) is -12.5. The fourth-order valence-electron chi connectivity index (χ4n) is 5.09. The molecule has 0 saturated carbocycles. The summed E-state index contributed by atoms with van der Waals surface area (Å²) in [5.74, 6) is -5.85. The molecule has 274 valence electrons. The molecule has 4 aromatic carbocycles. The molecule has 2 aliphatic rings. The molecule has 0 spiro atoms. The Morgan fingerprint density at radius 2 is 1.69 bits per heavy atom. The van der Waals surface area contributed by atoms with E-state index in [1.807, 2.05) is 0 Å². The molecule has 2 heterocycles. The molecule has 6 nitrogen and oxygen atoms in total. The van der Waals surface area contributed by atoms with E-state index in [9.17, 15) is 25.4 Å². The molecule has 0 bridgehead atoms. The monoisotopic (exact) mass is 762 g/mol. The van der Waals surface area contributed by atoms with Crippen LogP contribution in [0, 0.1) is 11.6 Å². The number of alkyl halides is 3. The van der Waals surface area contributed by atoms with Crippen molar-refractivity contribution in [2.75, 3.05) is 44.7 Å². The number of carbonyl (C=O) groups excluding carboxylic acids is 1. The number of para-hydroxylation sites is 1. The molecule has 12 heteroatoms. The number of thioether (sulfide) groups is 1. The van der Waals surface area contributed by atoms with Gasteiger partial charge in [-0.2, -0.15) is 13.2 Å². The highest BCUT2D eigenvalue weighted by molar-refractivity contribution is 8.02. The van der Waals surface area contributed by atoms with Crippen LogP contribution in [0.3, 0.4) is 0 Å². The number of nitrogens with zero attached hydrogens (tertiary/aromatic N) is 3. The highest BCUT2D eigenvalue weighted by atomic mass is 32.2. The standard InChI is InChI=1S/C40H40F5N3O3S/c1-51-22-21-46-19-17-32(18-20-46)47(24-27-9-11-28(12-10-27)29-13-15-31(16-14-29)40(43,44)45)37(50)25-48-35-8-3-2-6-33(35)36(49)23-38(48)52-26-30-5-4-7-34(41)39(30)42/h2-16,23,32,36,49H,17-22,24-26H2,1H3/i1D3,2D,3D,4D,5D,6D,7D,8D,9D,10D,11D,12D,13D,14D,15D,16D,22D2,23D,24D2,26D2. The summed E-state index contributed by atoms with van der Waals surface area (Å²) in [4.78, 5) is 17.4. The highest BCUT2D eigenvalue weighted by Crippen LogP contribution is 2.41. The topological polar surface area (TPSA) is 56.3 Å². The number of ether oxygens (including phenoxy) is 1. The minimum atomic E-state index is -5.46. The zero-order chi connectivity index (χ0) is 58.6. The first-order chi connectivity index (χ1) is 35.0. The maximum atomic E-state index is 15.6. The van der Waals surface area contributed by atoms with Gasteiger partial charge in [0.15, 0.2) is 11.6 Å². The number of anilines is 1. The number of fused-ring (bicyclic) bond motifs is 1. The lowest BCUT2D eigenvalue weighted by Crippen LogP contribution is -2.50. The molecule has 1 amide bonds. The van der Waals surface area contributed by atoms with Gasteiger partial charge < -0.3 is 24.5 Å². The van der Waals surface area contributed by atoms with Gasteiger partial charge in [-0.25, -0.2) is 8.78 Å². The lowest BCUT2D eigenvalue weighted by molar-refractivity contribution is -0.137. The van der Waals surface area contributed by atoms with Gasteiger partial charge in [0.25, 0.3) is 0 Å². The van der Waals surface area contributed by atoms with E-state index in [0.29, 0.717) is 9.80 Å². The molecule has 1 unspecified atom stereocenters. The van der Waals surface area contributed by atoms with Gasteiger partial charge in [0.05, 0.1) is 48.7 Å². The molecular formula is C40H40F5N3O3S. The Hall–Kier alpha value is -4.23. The van der Waals surface area contributed by atoms with E-state index in [-0.39, 0.29) is 24.9 Å². The molecule has 4 aromatic rings. The number of hydrogen-bond acceptors (Lipinski definition) is 6. The number of benzene rings is 4. The van der Waals surface area contributed by atoms with E-state index in [4.69, 9.17) is 31.5 Å². The van der Waals surface area contributed by atoms with Crippen molar-refractivity contribution in [2.45, 2.75) is 43.4 Å². The molecule has 1 atom stereocenters. The van der Waals surface area contributed by atoms with Crippen molar-refractivity contribution in [3.63, 3.8) is 0 Å². The van der Waals surface area contributed by atoms with Gasteiger partial charge in [-0.3, -0.25) is 4.79 Å². The van der Waals surface area contributed by atoms with Crippen LogP contribution in [0.15, 0.2) is 102 Å². The number of methoxy groups -OCH3 is 1. The number of amides is 1. The van der Waals surface area contributed by atoms with Gasteiger partial charge >= 0.3 is 6.18 Å². The average molecular weight is 763 g/mol. The maximum absolute atomic E-state index is 15.6. The Morgan fingerprint density at radius 1 is 1.00 bits per heavy atom. The van der Waals surface area contributed by atoms with Crippen molar-refractivity contribution in [1.82, 2.24) is 9.80 Å². The number of halogens is 5. The molecule has 2 aliphatic heterocycles. The van der Waals surface area contributed by atoms with Crippen molar-refractivity contribution in [3.05, 3.63) is 136 Å². The lowest BCUT2D eigenvalue weighted by atomic mass is 9.99. The third kappa shape index (κ3) is 8.86. The van der Waals surface area contributed by atoms with Crippen LogP contribution in [-0.2, 0) is 27.9 Å². The van der Waals surface area contributed by atoms with Gasteiger partial charge in [0, 0.05) is 64.5 Å². The Balaban J connectivity index is 1.58. The van der Waals surface area contributed by atoms with E-state index in [2.05, 4.69) is 4.74 Å². The normalized spacial score (nSPS) is 24.9. The number of likely N-dealkylation sites (tertiary alicyclic amines) is 1. The minimum Gasteiger partial charge on any atom is -0.384 e. The second kappa shape index (κ2) is 16.6. The highest BCUT2D eigenvalue weighted by Gasteiger charge is 2.33. The SMILES string of the molecule is [2H]C1=C(SC([2H])([2H])c2c([2H])c([2H])c([2H])c(F)c2F)N(CC(=O)N(C2CCN(CC([2H])([2H])OC([2H])([2H])[2H])CC2)C([2H])([2H])c2c([2H])c([2H])c(-c3c([2H])c([2H])c(C(F)(F)F)c([2H])c3[2H])c([2H])c2[2H])c2c([2H])c([2H])c([2H])c([2H])c2C1O. The molecule has 0 aromatic heterocycles. The predicted molar refractivity (Wildman–Crippen MR) is 193 cm³/mol. The zero-order valence-electron chi connectivity index (χ0n) is 51.3. The molecule has 0 radical (unpaired) electrons. The van der Waals surface area contributed by atoms with E-state index < -0.39 is 228 Å². The number of rotatable bonds is 12. The summed E-state index contributed by atoms with van der Waals surface area (Å²) in [6, 6.07) is -23.0. The van der Waals surface area contributed by atoms with Crippen LogP contribution in [0.25, 0.3) is 11.1 Å². The zero-order valence-corrected chi connectivity index (χ0v) is 27.1. The van der Waals surface area contributed by atoms with Gasteiger partial charge in [-0.1, -0.05) is 66.5 Å². The number of carbonyl (C=O) groups is 1. The van der Waals surface area contributed by atoms with Gasteiger partial charge in [0.2, 0.25) is 5.91 Å². The second-order valence-electron chi connectivity index (χ2n) is 10.9. The fraction of sp³-hybridized carbons (Fsp3) is 0.325. The maximum Gasteiger partial charge on any atom is 0.416 e. The van der Waals surface area contributed by atoms with Crippen LogP contribution in [0.1, 0.15) is 75.5 Å². The summed E-state index contributed by atoms with van der Waals surface area (Å²) < 4.78 is 288. The predicted octanol–water partition coefficient (Wildman–Crippen LogP) is 8.42. The number of hydrogen-bond donors (Lipinski definition) is 1. The number of aliphatic hydroxyl groups is 1. The fourth-order valence-corrected chi connectivity index (χ4v) is 5.87. The van der Waals surface area contributed by atoms with Crippen LogP contribution < -0.4 is 4.90 Å². The van der Waals surface area contributed by atoms with E-state index in [0.717, 1.165) is 0 Å². The summed E-state index contributed by atoms with van der Waals surface area (Å²) in [6.45, 7) is -9.50. The Morgan fingerprint density at radius 3 is 2.38 bits per heavy atom. The average Bonchev–Trinajstić information content (AvgIpc) is 3.30. The first-order valence-electron chi connectivity index (χ1n) is 27.5. The summed E-state index contributed by atoms with van der Waals surface area (Å²) >= 11 is -0.368. The van der Waals surface area contributed by atoms with Crippen LogP contribution in [0.4, 0.5) is 27.6 Å². The van der Waals surface area contributed by atoms with Crippen LogP contribution in [-0.4, -0.2) is 66.6 Å². The molecule has 6 rings (SSSR count). The molecule has 1 saturated heterocycles. The lowest BCUT2D eigenvalue weighted by Gasteiger charge is -2.40. The minimum absolute atomic E-state index is 0.295. The van der Waals surface area contributed by atoms with E-state index >= 15 is 9.18 Å². The summed E-state index contributed by atoms with van der Waals surface area (Å²) in [7, 11) is -3.23. The van der Waals surface area contributed by atoms with Gasteiger partial charge in [-0.15, -0.1) is 11.8 Å². The smallest absolute Gasteiger partial charge is 0.384 e. The third-order valence-corrected chi connectivity index (χ3v) is 8.46. The van der Waals surface area contributed by atoms with E-state index in [1.165, 1.54) is 4.90 Å². The summed E-state index contributed by atoms with van der Waals surface area (Å²) in [5, 5.41) is 10.4. The van der Waals surface area contributed by atoms with Gasteiger partial charge in [-0.05, 0) is 59.8 Å². The van der Waals surface area contributed by atoms with E-state index in [1.54, 1.807) is 0 Å². The van der Waals surface area contributed by atoms with Crippen molar-refractivity contribution in [1.29, 1.82) is 0 Å². The molecule has 1 N–H and O–H groups in total. The van der Waals surface area contributed by atoms with Crippen molar-refractivity contribution >= 4 is 23.4 Å². The largest absolute Gasteiger partial charge is 0.416 e. The summed E-state index contributed by atoms with van der Waals surface area (Å²) in [6.07, 6.45) is -8.78. The van der Waals surface area contributed by atoms with Crippen molar-refractivity contribution in [3.8, 4) is 11.1 Å². The van der Waals surface area contributed by atoms with Gasteiger partial charge in [0.1, 0.15) is 12.6 Å². The first-order valence-corrected chi connectivity index (χ1v) is 15.8.